The highest BCUT2D eigenvalue weighted by Gasteiger charge is 2.39. The summed E-state index contributed by atoms with van der Waals surface area (Å²) >= 11 is 12.1. The van der Waals surface area contributed by atoms with Gasteiger partial charge in [0.25, 0.3) is 21.8 Å². The second-order valence-electron chi connectivity index (χ2n) is 10.8. The molecule has 0 bridgehead atoms. The summed E-state index contributed by atoms with van der Waals surface area (Å²) in [7, 11) is -2.92. The molecule has 0 unspecified atom stereocenters. The summed E-state index contributed by atoms with van der Waals surface area (Å²) in [4.78, 5) is 72.4. The molecule has 0 radical (unpaired) electrons. The number of carbonyl (C=O) groups excluding carboxylic acids is 4. The standard InChI is InChI=1S/C19H17Cl2NO4.C14H16N6O6S/c1-2-26-19(25)16(21)10-11-9-12(7-8-15(11)20)22-17(23)13-5-3-4-6-14(13)18(22)24;1-3-26-14-18-11(15-2)16-12(19-14)17-13(23)20-27(24,25)9-7-5-4-6-8(9)10(21)22/h7-10H,2-6H2,1H3;4-7H,3H2,1-2H3,(H,21,22)(H3,15,16,17,18,19,20,23)/b16-10-;. The second-order valence-corrected chi connectivity index (χ2v) is 13.3. The number of urea groups is 1. The van der Waals surface area contributed by atoms with Crippen LogP contribution in [0.3, 0.4) is 0 Å². The molecule has 1 aliphatic heterocycles. The van der Waals surface area contributed by atoms with Gasteiger partial charge < -0.3 is 19.9 Å². The zero-order valence-electron chi connectivity index (χ0n) is 28.4. The van der Waals surface area contributed by atoms with E-state index < -0.39 is 38.5 Å². The first kappa shape index (κ1) is 40.2. The molecule has 0 fully saturated rings. The number of carboxylic acids is 1. The number of aromatic nitrogens is 3. The van der Waals surface area contributed by atoms with Gasteiger partial charge in [-0.2, -0.15) is 15.0 Å². The van der Waals surface area contributed by atoms with E-state index in [1.54, 1.807) is 36.8 Å². The van der Waals surface area contributed by atoms with E-state index >= 15 is 0 Å². The van der Waals surface area contributed by atoms with Crippen LogP contribution in [-0.2, 0) is 29.1 Å². The predicted octanol–water partition coefficient (Wildman–Crippen LogP) is 4.75. The van der Waals surface area contributed by atoms with Crippen molar-refractivity contribution < 1.29 is 47.0 Å². The number of carbonyl (C=O) groups is 5. The molecule has 20 heteroatoms. The summed E-state index contributed by atoms with van der Waals surface area (Å²) in [6, 6.07) is 8.33. The maximum atomic E-state index is 12.7. The summed E-state index contributed by atoms with van der Waals surface area (Å²) in [5.74, 6) is -2.85. The fourth-order valence-electron chi connectivity index (χ4n) is 5.05. The molecule has 4 N–H and O–H groups in total. The number of nitrogens with zero attached hydrogens (tertiary/aromatic N) is 4. The molecule has 280 valence electrons. The van der Waals surface area contributed by atoms with Crippen LogP contribution in [0.15, 0.2) is 63.5 Å². The number of aromatic carboxylic acids is 1. The Bertz CT molecular complexity index is 2100. The second kappa shape index (κ2) is 17.8. The third kappa shape index (κ3) is 9.85. The summed E-state index contributed by atoms with van der Waals surface area (Å²) in [6.07, 6.45) is 4.45. The summed E-state index contributed by atoms with van der Waals surface area (Å²) in [6.45, 7) is 3.84. The van der Waals surface area contributed by atoms with Crippen molar-refractivity contribution in [2.75, 3.05) is 35.8 Å². The van der Waals surface area contributed by atoms with Gasteiger partial charge in [0.15, 0.2) is 0 Å². The van der Waals surface area contributed by atoms with E-state index in [0.29, 0.717) is 40.3 Å². The van der Waals surface area contributed by atoms with Crippen LogP contribution in [0.25, 0.3) is 6.08 Å². The third-order valence-corrected chi connectivity index (χ3v) is 9.35. The molecule has 3 aromatic rings. The molecule has 53 heavy (non-hydrogen) atoms. The van der Waals surface area contributed by atoms with Gasteiger partial charge in [0, 0.05) is 23.2 Å². The number of amides is 4. The molecular formula is C33H33Cl2N7O10S. The quantitative estimate of drug-likeness (QED) is 0.117. The number of benzene rings is 2. The molecule has 0 saturated heterocycles. The lowest BCUT2D eigenvalue weighted by Crippen LogP contribution is -2.35. The molecule has 2 aromatic carbocycles. The number of esters is 1. The highest BCUT2D eigenvalue weighted by atomic mass is 35.5. The number of rotatable bonds is 11. The smallest absolute Gasteiger partial charge is 0.349 e. The van der Waals surface area contributed by atoms with Crippen LogP contribution in [0, 0.1) is 0 Å². The Kier molecular flexibility index (Phi) is 13.5. The number of hydrogen-bond donors (Lipinski definition) is 4. The van der Waals surface area contributed by atoms with E-state index in [1.165, 1.54) is 30.2 Å². The molecular weight excluding hydrogens is 757 g/mol. The lowest BCUT2D eigenvalue weighted by molar-refractivity contribution is -0.137. The molecule has 0 atom stereocenters. The number of halogens is 2. The molecule has 1 aliphatic carbocycles. The zero-order chi connectivity index (χ0) is 38.9. The minimum atomic E-state index is -4.45. The Hall–Kier alpha value is -5.59. The Morgan fingerprint density at radius 1 is 0.962 bits per heavy atom. The first-order chi connectivity index (χ1) is 25.2. The van der Waals surface area contributed by atoms with Crippen LogP contribution < -0.4 is 25.0 Å². The first-order valence-electron chi connectivity index (χ1n) is 15.9. The van der Waals surface area contributed by atoms with E-state index in [-0.39, 0.29) is 48.0 Å². The number of nitrogens with one attached hydrogen (secondary N) is 3. The van der Waals surface area contributed by atoms with E-state index in [2.05, 4.69) is 25.6 Å². The largest absolute Gasteiger partial charge is 0.478 e. The number of carboxylic acid groups (broad SMARTS) is 1. The fourth-order valence-corrected chi connectivity index (χ4v) is 6.50. The van der Waals surface area contributed by atoms with Gasteiger partial charge in [-0.1, -0.05) is 35.3 Å². The van der Waals surface area contributed by atoms with Crippen LogP contribution in [0.1, 0.15) is 55.5 Å². The number of hydrogen-bond acceptors (Lipinski definition) is 13. The van der Waals surface area contributed by atoms with Gasteiger partial charge in [0.1, 0.15) is 9.93 Å². The molecule has 1 aromatic heterocycles. The number of sulfonamides is 1. The average Bonchev–Trinajstić information content (AvgIpc) is 3.38. The third-order valence-electron chi connectivity index (χ3n) is 7.35. The number of anilines is 3. The van der Waals surface area contributed by atoms with Crippen LogP contribution in [-0.4, -0.2) is 78.5 Å². The van der Waals surface area contributed by atoms with Crippen molar-refractivity contribution in [1.82, 2.24) is 19.7 Å². The Morgan fingerprint density at radius 2 is 1.60 bits per heavy atom. The molecule has 17 nitrogen and oxygen atoms in total. The van der Waals surface area contributed by atoms with Crippen molar-refractivity contribution in [2.24, 2.45) is 0 Å². The molecule has 5 rings (SSSR count). The minimum absolute atomic E-state index is 0.0776. The lowest BCUT2D eigenvalue weighted by Gasteiger charge is -2.16. The average molecular weight is 791 g/mol. The number of imide groups is 1. The van der Waals surface area contributed by atoms with Crippen LogP contribution in [0.4, 0.5) is 22.4 Å². The van der Waals surface area contributed by atoms with E-state index in [9.17, 15) is 32.4 Å². The summed E-state index contributed by atoms with van der Waals surface area (Å²) in [5.41, 5.74) is 1.57. The van der Waals surface area contributed by atoms with Gasteiger partial charge >= 0.3 is 24.0 Å². The monoisotopic (exact) mass is 789 g/mol. The van der Waals surface area contributed by atoms with Crippen molar-refractivity contribution in [2.45, 2.75) is 44.4 Å². The van der Waals surface area contributed by atoms with Gasteiger partial charge in [0.05, 0.1) is 24.5 Å². The normalized spacial score (nSPS) is 14.1. The molecule has 4 amide bonds. The van der Waals surface area contributed by atoms with Gasteiger partial charge in [-0.05, 0) is 81.5 Å². The van der Waals surface area contributed by atoms with E-state index in [0.717, 1.165) is 25.0 Å². The molecule has 2 aliphatic rings. The lowest BCUT2D eigenvalue weighted by atomic mass is 9.93. The van der Waals surface area contributed by atoms with Gasteiger partial charge in [-0.3, -0.25) is 14.9 Å². The van der Waals surface area contributed by atoms with Crippen LogP contribution in [0.5, 0.6) is 6.01 Å². The summed E-state index contributed by atoms with van der Waals surface area (Å²) < 4.78 is 36.3. The van der Waals surface area contributed by atoms with Crippen LogP contribution >= 0.6 is 23.2 Å². The molecule has 2 heterocycles. The van der Waals surface area contributed by atoms with E-state index in [1.807, 2.05) is 0 Å². The maximum absolute atomic E-state index is 12.7. The van der Waals surface area contributed by atoms with Crippen LogP contribution in [0.2, 0.25) is 5.02 Å². The van der Waals surface area contributed by atoms with E-state index in [4.69, 9.17) is 37.8 Å². The highest BCUT2D eigenvalue weighted by molar-refractivity contribution is 7.90. The highest BCUT2D eigenvalue weighted by Crippen LogP contribution is 2.37. The SMILES string of the molecule is CCOC(=O)/C(Cl)=C/c1cc(N2C(=O)C3=C(CCCC3)C2=O)ccc1Cl.CCOc1nc(NC)nc(NC(=O)NS(=O)(=O)c2ccccc2C(=O)O)n1. The number of ether oxygens (including phenoxy) is 2. The first-order valence-corrected chi connectivity index (χ1v) is 18.1. The van der Waals surface area contributed by atoms with Crippen molar-refractivity contribution in [3.63, 3.8) is 0 Å². The maximum Gasteiger partial charge on any atom is 0.349 e. The Balaban J connectivity index is 0.000000237. The topological polar surface area (TPSA) is 236 Å². The summed E-state index contributed by atoms with van der Waals surface area (Å²) in [5, 5.41) is 14.1. The fraction of sp³-hybridized carbons (Fsp3) is 0.273. The Morgan fingerprint density at radius 3 is 2.21 bits per heavy atom. The Labute approximate surface area is 313 Å². The van der Waals surface area contributed by atoms with Crippen molar-refractivity contribution >= 4 is 86.7 Å². The van der Waals surface area contributed by atoms with Gasteiger partial charge in [-0.25, -0.2) is 32.4 Å². The predicted molar refractivity (Wildman–Crippen MR) is 193 cm³/mol. The minimum Gasteiger partial charge on any atom is -0.478 e. The van der Waals surface area contributed by atoms with Gasteiger partial charge in [-0.15, -0.1) is 0 Å². The van der Waals surface area contributed by atoms with Crippen molar-refractivity contribution in [3.8, 4) is 6.01 Å². The van der Waals surface area contributed by atoms with Crippen molar-refractivity contribution in [1.29, 1.82) is 0 Å². The van der Waals surface area contributed by atoms with Gasteiger partial charge in [0.2, 0.25) is 11.9 Å². The molecule has 0 spiro atoms. The van der Waals surface area contributed by atoms with Crippen molar-refractivity contribution in [3.05, 3.63) is 74.8 Å². The zero-order valence-corrected chi connectivity index (χ0v) is 30.8. The molecule has 0 saturated carbocycles.